The molecule has 1 aromatic rings. The number of amides is 1. The van der Waals surface area contributed by atoms with Gasteiger partial charge in [-0.3, -0.25) is 9.59 Å². The summed E-state index contributed by atoms with van der Waals surface area (Å²) < 4.78 is 10.1. The van der Waals surface area contributed by atoms with E-state index < -0.39 is 0 Å². The van der Waals surface area contributed by atoms with E-state index in [0.29, 0.717) is 10.2 Å². The molecule has 5 nitrogen and oxygen atoms in total. The highest BCUT2D eigenvalue weighted by Gasteiger charge is 2.35. The van der Waals surface area contributed by atoms with Crippen LogP contribution in [0.1, 0.15) is 29.6 Å². The molecule has 0 unspecified atom stereocenters. The summed E-state index contributed by atoms with van der Waals surface area (Å²) in [5.41, 5.74) is 0.436. The third kappa shape index (κ3) is 2.58. The molecule has 98 valence electrons. The number of methoxy groups -OCH3 is 1. The van der Waals surface area contributed by atoms with Crippen molar-refractivity contribution in [2.75, 3.05) is 7.11 Å². The van der Waals surface area contributed by atoms with Gasteiger partial charge in [-0.2, -0.15) is 0 Å². The molecular weight excluding hydrogens is 302 g/mol. The fourth-order valence-corrected chi connectivity index (χ4v) is 2.69. The minimum absolute atomic E-state index is 0.160. The van der Waals surface area contributed by atoms with Crippen molar-refractivity contribution >= 4 is 27.8 Å². The summed E-state index contributed by atoms with van der Waals surface area (Å²) in [5, 5.41) is 2.86. The van der Waals surface area contributed by atoms with Gasteiger partial charge in [0.2, 0.25) is 0 Å². The second-order valence-electron chi connectivity index (χ2n) is 4.25. The Morgan fingerprint density at radius 2 is 2.28 bits per heavy atom. The Balaban J connectivity index is 2.03. The number of nitrogens with one attached hydrogen (secondary N) is 1. The van der Waals surface area contributed by atoms with Gasteiger partial charge in [-0.1, -0.05) is 6.42 Å². The van der Waals surface area contributed by atoms with E-state index in [9.17, 15) is 9.59 Å². The maximum atomic E-state index is 12.0. The molecule has 0 spiro atoms. The normalized spacial score (nSPS) is 22.8. The minimum atomic E-state index is -0.260. The van der Waals surface area contributed by atoms with Crippen molar-refractivity contribution in [2.24, 2.45) is 5.92 Å². The van der Waals surface area contributed by atoms with Crippen molar-refractivity contribution < 1.29 is 18.7 Å². The molecule has 1 N–H and O–H groups in total. The van der Waals surface area contributed by atoms with Crippen LogP contribution in [0.3, 0.4) is 0 Å². The van der Waals surface area contributed by atoms with Gasteiger partial charge in [-0.05, 0) is 34.8 Å². The summed E-state index contributed by atoms with van der Waals surface area (Å²) in [5.74, 6) is -0.745. The second-order valence-corrected chi connectivity index (χ2v) is 4.97. The molecule has 0 aromatic carbocycles. The van der Waals surface area contributed by atoms with E-state index in [1.54, 1.807) is 6.07 Å². The zero-order valence-electron chi connectivity index (χ0n) is 9.94. The fraction of sp³-hybridized carbons (Fsp3) is 0.500. The lowest BCUT2D eigenvalue weighted by Crippen LogP contribution is -2.40. The average molecular weight is 316 g/mol. The lowest BCUT2D eigenvalue weighted by atomic mass is 10.0. The van der Waals surface area contributed by atoms with Gasteiger partial charge in [-0.15, -0.1) is 0 Å². The standard InChI is InChI=1S/C12H14BrNO4/c1-17-12(16)7-3-2-4-9(7)14-11(15)8-5-6-18-10(8)13/h5-7,9H,2-4H2,1H3,(H,14,15)/t7-,9-/m1/s1. The SMILES string of the molecule is COC(=O)[C@@H]1CCC[C@H]1NC(=O)c1ccoc1Br. The molecule has 0 aliphatic heterocycles. The quantitative estimate of drug-likeness (QED) is 0.867. The van der Waals surface area contributed by atoms with Gasteiger partial charge in [0.25, 0.3) is 5.91 Å². The molecule has 2 rings (SSSR count). The third-order valence-electron chi connectivity index (χ3n) is 3.20. The number of furan rings is 1. The summed E-state index contributed by atoms with van der Waals surface area (Å²) >= 11 is 3.15. The number of carbonyl (C=O) groups is 2. The van der Waals surface area contributed by atoms with Crippen molar-refractivity contribution in [2.45, 2.75) is 25.3 Å². The molecule has 1 saturated carbocycles. The zero-order valence-corrected chi connectivity index (χ0v) is 11.5. The van der Waals surface area contributed by atoms with Crippen LogP contribution in [0.4, 0.5) is 0 Å². The summed E-state index contributed by atoms with van der Waals surface area (Å²) in [7, 11) is 1.37. The Kier molecular flexibility index (Phi) is 4.06. The Hall–Kier alpha value is -1.30. The van der Waals surface area contributed by atoms with Crippen molar-refractivity contribution in [3.05, 3.63) is 22.6 Å². The Morgan fingerprint density at radius 3 is 2.89 bits per heavy atom. The molecular formula is C12H14BrNO4. The summed E-state index contributed by atoms with van der Waals surface area (Å²) in [6.45, 7) is 0. The molecule has 0 saturated heterocycles. The maximum absolute atomic E-state index is 12.0. The summed E-state index contributed by atoms with van der Waals surface area (Å²) in [4.78, 5) is 23.5. The minimum Gasteiger partial charge on any atom is -0.469 e. The van der Waals surface area contributed by atoms with Gasteiger partial charge >= 0.3 is 5.97 Å². The molecule has 18 heavy (non-hydrogen) atoms. The highest BCUT2D eigenvalue weighted by Crippen LogP contribution is 2.27. The molecule has 1 heterocycles. The van der Waals surface area contributed by atoms with Gasteiger partial charge in [0.1, 0.15) is 0 Å². The van der Waals surface area contributed by atoms with Crippen LogP contribution in [0.5, 0.6) is 0 Å². The molecule has 0 radical (unpaired) electrons. The molecule has 2 atom stereocenters. The van der Waals surface area contributed by atoms with E-state index in [-0.39, 0.29) is 23.8 Å². The largest absolute Gasteiger partial charge is 0.469 e. The summed E-state index contributed by atoms with van der Waals surface area (Å²) in [6.07, 6.45) is 3.90. The predicted octanol–water partition coefficient (Wildman–Crippen LogP) is 2.11. The molecule has 1 aromatic heterocycles. The van der Waals surface area contributed by atoms with Crippen molar-refractivity contribution in [1.82, 2.24) is 5.32 Å². The molecule has 1 fully saturated rings. The average Bonchev–Trinajstić information content (AvgIpc) is 2.97. The molecule has 1 aliphatic carbocycles. The van der Waals surface area contributed by atoms with Crippen molar-refractivity contribution in [1.29, 1.82) is 0 Å². The molecule has 0 bridgehead atoms. The number of hydrogen-bond acceptors (Lipinski definition) is 4. The lowest BCUT2D eigenvalue weighted by Gasteiger charge is -2.18. The first-order valence-corrected chi connectivity index (χ1v) is 6.54. The maximum Gasteiger partial charge on any atom is 0.310 e. The Morgan fingerprint density at radius 1 is 1.50 bits per heavy atom. The van der Waals surface area contributed by atoms with Crippen molar-refractivity contribution in [3.8, 4) is 0 Å². The van der Waals surface area contributed by atoms with Gasteiger partial charge < -0.3 is 14.5 Å². The number of hydrogen-bond donors (Lipinski definition) is 1. The van der Waals surface area contributed by atoms with E-state index in [0.717, 1.165) is 19.3 Å². The van der Waals surface area contributed by atoms with E-state index in [1.807, 2.05) is 0 Å². The van der Waals surface area contributed by atoms with Crippen LogP contribution >= 0.6 is 15.9 Å². The number of halogens is 1. The van der Waals surface area contributed by atoms with Crippen LogP contribution in [0, 0.1) is 5.92 Å². The number of esters is 1. The van der Waals surface area contributed by atoms with Gasteiger partial charge in [-0.25, -0.2) is 0 Å². The molecule has 1 aliphatic rings. The Bertz CT molecular complexity index is 457. The van der Waals surface area contributed by atoms with E-state index in [2.05, 4.69) is 21.2 Å². The van der Waals surface area contributed by atoms with Crippen molar-refractivity contribution in [3.63, 3.8) is 0 Å². The van der Waals surface area contributed by atoms with E-state index in [4.69, 9.17) is 9.15 Å². The molecule has 6 heteroatoms. The van der Waals surface area contributed by atoms with Crippen LogP contribution in [-0.2, 0) is 9.53 Å². The predicted molar refractivity (Wildman–Crippen MR) is 67.0 cm³/mol. The number of carbonyl (C=O) groups excluding carboxylic acids is 2. The van der Waals surface area contributed by atoms with Gasteiger partial charge in [0, 0.05) is 6.04 Å². The highest BCUT2D eigenvalue weighted by molar-refractivity contribution is 9.10. The smallest absolute Gasteiger partial charge is 0.310 e. The van der Waals surface area contributed by atoms with Gasteiger partial charge in [0.05, 0.1) is 24.9 Å². The van der Waals surface area contributed by atoms with Crippen LogP contribution < -0.4 is 5.32 Å². The van der Waals surface area contributed by atoms with E-state index in [1.165, 1.54) is 13.4 Å². The number of ether oxygens (including phenoxy) is 1. The monoisotopic (exact) mass is 315 g/mol. The first kappa shape index (κ1) is 13.1. The van der Waals surface area contributed by atoms with Crippen LogP contribution in [-0.4, -0.2) is 25.0 Å². The lowest BCUT2D eigenvalue weighted by molar-refractivity contribution is -0.145. The molecule has 1 amide bonds. The van der Waals surface area contributed by atoms with Crippen LogP contribution in [0.25, 0.3) is 0 Å². The third-order valence-corrected chi connectivity index (χ3v) is 3.81. The Labute approximate surface area is 113 Å². The zero-order chi connectivity index (χ0) is 13.1. The second kappa shape index (κ2) is 5.56. The first-order valence-electron chi connectivity index (χ1n) is 5.75. The first-order chi connectivity index (χ1) is 8.63. The van der Waals surface area contributed by atoms with Crippen LogP contribution in [0.2, 0.25) is 0 Å². The van der Waals surface area contributed by atoms with Crippen LogP contribution in [0.15, 0.2) is 21.4 Å². The van der Waals surface area contributed by atoms with E-state index >= 15 is 0 Å². The number of rotatable bonds is 3. The topological polar surface area (TPSA) is 68.5 Å². The fourth-order valence-electron chi connectivity index (χ4n) is 2.27. The highest BCUT2D eigenvalue weighted by atomic mass is 79.9. The summed E-state index contributed by atoms with van der Waals surface area (Å²) in [6, 6.07) is 1.42. The van der Waals surface area contributed by atoms with Gasteiger partial charge in [0.15, 0.2) is 4.67 Å².